The molecule has 5 rings (SSSR count). The van der Waals surface area contributed by atoms with E-state index in [0.29, 0.717) is 6.54 Å². The number of aromatic nitrogens is 4. The highest BCUT2D eigenvalue weighted by Gasteiger charge is 2.19. The summed E-state index contributed by atoms with van der Waals surface area (Å²) in [7, 11) is 0. The summed E-state index contributed by atoms with van der Waals surface area (Å²) < 4.78 is 1.84. The average Bonchev–Trinajstić information content (AvgIpc) is 3.49. The number of carbonyl (C=O) groups excluding carboxylic acids is 1. The molecule has 0 saturated carbocycles. The van der Waals surface area contributed by atoms with Gasteiger partial charge in [-0.3, -0.25) is 9.78 Å². The highest BCUT2D eigenvalue weighted by atomic mass is 32.1. The van der Waals surface area contributed by atoms with Crippen molar-refractivity contribution in [3.63, 3.8) is 0 Å². The van der Waals surface area contributed by atoms with E-state index in [1.807, 2.05) is 75.9 Å². The van der Waals surface area contributed by atoms with Crippen LogP contribution in [0.2, 0.25) is 0 Å². The number of para-hydroxylation sites is 1. The molecule has 1 saturated heterocycles. The van der Waals surface area contributed by atoms with E-state index in [1.54, 1.807) is 29.8 Å². The van der Waals surface area contributed by atoms with Crippen LogP contribution in [0.25, 0.3) is 23.0 Å². The van der Waals surface area contributed by atoms with Crippen molar-refractivity contribution in [3.8, 4) is 16.9 Å². The molecule has 1 fully saturated rings. The van der Waals surface area contributed by atoms with Crippen molar-refractivity contribution >= 4 is 28.5 Å². The molecule has 4 aromatic rings. The van der Waals surface area contributed by atoms with Crippen LogP contribution in [0.15, 0.2) is 78.7 Å². The summed E-state index contributed by atoms with van der Waals surface area (Å²) in [5.74, 6) is 0.0144. The van der Waals surface area contributed by atoms with Gasteiger partial charge in [-0.25, -0.2) is 9.67 Å². The second-order valence-corrected chi connectivity index (χ2v) is 8.64. The zero-order valence-electron chi connectivity index (χ0n) is 18.1. The lowest BCUT2D eigenvalue weighted by Gasteiger charge is -2.20. The second-order valence-electron chi connectivity index (χ2n) is 7.77. The van der Waals surface area contributed by atoms with Gasteiger partial charge in [-0.15, -0.1) is 11.3 Å². The zero-order valence-corrected chi connectivity index (χ0v) is 18.9. The van der Waals surface area contributed by atoms with Crippen LogP contribution in [0.5, 0.6) is 0 Å². The Morgan fingerprint density at radius 1 is 1.00 bits per heavy atom. The molecule has 0 atom stereocenters. The summed E-state index contributed by atoms with van der Waals surface area (Å²) in [6.07, 6.45) is 11.8. The summed E-state index contributed by atoms with van der Waals surface area (Å²) in [4.78, 5) is 25.8. The monoisotopic (exact) mass is 456 g/mol. The topological polar surface area (TPSA) is 67.2 Å². The molecule has 8 heteroatoms. The number of thiazole rings is 1. The Hall–Kier alpha value is -3.78. The van der Waals surface area contributed by atoms with Gasteiger partial charge < -0.3 is 9.80 Å². The molecule has 0 N–H and O–H groups in total. The minimum atomic E-state index is 0.0144. The van der Waals surface area contributed by atoms with Crippen LogP contribution in [-0.2, 0) is 4.79 Å². The summed E-state index contributed by atoms with van der Waals surface area (Å²) in [5, 5.41) is 7.79. The Labute approximate surface area is 196 Å². The first-order valence-corrected chi connectivity index (χ1v) is 11.8. The quantitative estimate of drug-likeness (QED) is 0.422. The number of carbonyl (C=O) groups is 1. The Balaban J connectivity index is 1.36. The van der Waals surface area contributed by atoms with Gasteiger partial charge in [0.25, 0.3) is 0 Å². The maximum Gasteiger partial charge on any atom is 0.246 e. The number of anilines is 1. The van der Waals surface area contributed by atoms with Crippen LogP contribution in [-0.4, -0.2) is 56.7 Å². The van der Waals surface area contributed by atoms with Gasteiger partial charge in [-0.05, 0) is 36.8 Å². The summed E-state index contributed by atoms with van der Waals surface area (Å²) in [6.45, 7) is 3.13. The van der Waals surface area contributed by atoms with Crippen molar-refractivity contribution in [1.29, 1.82) is 0 Å². The molecule has 0 bridgehead atoms. The van der Waals surface area contributed by atoms with Crippen LogP contribution in [0.3, 0.4) is 0 Å². The van der Waals surface area contributed by atoms with E-state index in [2.05, 4.69) is 14.9 Å². The number of nitrogens with zero attached hydrogens (tertiary/aromatic N) is 6. The minimum absolute atomic E-state index is 0.0144. The van der Waals surface area contributed by atoms with Crippen LogP contribution >= 0.6 is 11.3 Å². The molecule has 1 aliphatic rings. The predicted molar refractivity (Wildman–Crippen MR) is 131 cm³/mol. The maximum absolute atomic E-state index is 13.0. The average molecular weight is 457 g/mol. The third-order valence-corrected chi connectivity index (χ3v) is 6.43. The van der Waals surface area contributed by atoms with E-state index in [-0.39, 0.29) is 5.91 Å². The van der Waals surface area contributed by atoms with E-state index >= 15 is 0 Å². The van der Waals surface area contributed by atoms with Gasteiger partial charge in [-0.2, -0.15) is 5.10 Å². The van der Waals surface area contributed by atoms with Crippen molar-refractivity contribution < 1.29 is 4.79 Å². The van der Waals surface area contributed by atoms with Crippen molar-refractivity contribution in [2.45, 2.75) is 6.42 Å². The highest BCUT2D eigenvalue weighted by Crippen LogP contribution is 2.24. The van der Waals surface area contributed by atoms with Crippen molar-refractivity contribution in [1.82, 2.24) is 24.6 Å². The molecule has 0 spiro atoms. The third-order valence-electron chi connectivity index (χ3n) is 5.60. The molecule has 0 radical (unpaired) electrons. The maximum atomic E-state index is 13.0. The number of rotatable bonds is 5. The van der Waals surface area contributed by atoms with E-state index in [1.165, 1.54) is 0 Å². The molecule has 1 aromatic carbocycles. The van der Waals surface area contributed by atoms with Gasteiger partial charge in [-0.1, -0.05) is 18.2 Å². The van der Waals surface area contributed by atoms with Gasteiger partial charge in [0.15, 0.2) is 5.13 Å². The third kappa shape index (κ3) is 4.85. The molecule has 166 valence electrons. The first kappa shape index (κ1) is 21.1. The fraction of sp³-hybridized carbons (Fsp3) is 0.200. The summed E-state index contributed by atoms with van der Waals surface area (Å²) in [5.41, 5.74) is 3.54. The van der Waals surface area contributed by atoms with Crippen LogP contribution < -0.4 is 4.90 Å². The summed E-state index contributed by atoms with van der Waals surface area (Å²) in [6, 6.07) is 13.8. The first-order chi connectivity index (χ1) is 16.3. The lowest BCUT2D eigenvalue weighted by molar-refractivity contribution is -0.125. The Kier molecular flexibility index (Phi) is 6.25. The molecule has 1 aliphatic heterocycles. The molecule has 0 unspecified atom stereocenters. The number of hydrogen-bond donors (Lipinski definition) is 0. The number of amides is 1. The van der Waals surface area contributed by atoms with Gasteiger partial charge >= 0.3 is 0 Å². The fourth-order valence-corrected chi connectivity index (χ4v) is 4.61. The Morgan fingerprint density at radius 2 is 1.91 bits per heavy atom. The molecule has 3 aromatic heterocycles. The highest BCUT2D eigenvalue weighted by molar-refractivity contribution is 7.13. The van der Waals surface area contributed by atoms with Gasteiger partial charge in [0.1, 0.15) is 5.69 Å². The van der Waals surface area contributed by atoms with E-state index in [0.717, 1.165) is 53.7 Å². The van der Waals surface area contributed by atoms with Crippen molar-refractivity contribution in [2.75, 3.05) is 31.1 Å². The predicted octanol–water partition coefficient (Wildman–Crippen LogP) is 4.14. The van der Waals surface area contributed by atoms with Crippen LogP contribution in [0.4, 0.5) is 5.13 Å². The molecule has 4 heterocycles. The van der Waals surface area contributed by atoms with Crippen LogP contribution in [0.1, 0.15) is 12.0 Å². The number of benzene rings is 1. The van der Waals surface area contributed by atoms with Gasteiger partial charge in [0.2, 0.25) is 5.91 Å². The van der Waals surface area contributed by atoms with Crippen molar-refractivity contribution in [2.24, 2.45) is 0 Å². The normalized spacial score (nSPS) is 14.5. The van der Waals surface area contributed by atoms with E-state index in [9.17, 15) is 4.79 Å². The number of hydrogen-bond acceptors (Lipinski definition) is 6. The molecule has 0 aliphatic carbocycles. The molecular weight excluding hydrogens is 432 g/mol. The second kappa shape index (κ2) is 9.79. The summed E-state index contributed by atoms with van der Waals surface area (Å²) >= 11 is 1.64. The fourth-order valence-electron chi connectivity index (χ4n) is 3.92. The largest absolute Gasteiger partial charge is 0.346 e. The lowest BCUT2D eigenvalue weighted by Crippen LogP contribution is -2.34. The molecular formula is C25H24N6OS. The molecule has 33 heavy (non-hydrogen) atoms. The smallest absolute Gasteiger partial charge is 0.246 e. The van der Waals surface area contributed by atoms with Crippen LogP contribution in [0, 0.1) is 0 Å². The number of pyridine rings is 1. The zero-order chi connectivity index (χ0) is 22.5. The lowest BCUT2D eigenvalue weighted by atomic mass is 10.1. The molecule has 7 nitrogen and oxygen atoms in total. The SMILES string of the molecule is O=C(/C=C/c1cn(-c2ccccc2)nc1-c1cccnc1)N1CCCN(c2nccs2)CC1. The van der Waals surface area contributed by atoms with Gasteiger partial charge in [0, 0.05) is 73.5 Å². The standard InChI is InChI=1S/C25H24N6OS/c32-23(29-13-5-14-30(16-15-29)25-27-12-17-33-25)10-9-21-19-31(22-7-2-1-3-8-22)28-24(21)20-6-4-11-26-18-20/h1-4,6-12,17-19H,5,13-16H2/b10-9+. The Bertz CT molecular complexity index is 1220. The van der Waals surface area contributed by atoms with Crippen molar-refractivity contribution in [3.05, 3.63) is 84.3 Å². The first-order valence-electron chi connectivity index (χ1n) is 10.9. The minimum Gasteiger partial charge on any atom is -0.346 e. The molecule has 1 amide bonds. The van der Waals surface area contributed by atoms with E-state index in [4.69, 9.17) is 5.10 Å². The Morgan fingerprint density at radius 3 is 2.70 bits per heavy atom. The van der Waals surface area contributed by atoms with Gasteiger partial charge in [0.05, 0.1) is 5.69 Å². The van der Waals surface area contributed by atoms with E-state index < -0.39 is 0 Å².